The van der Waals surface area contributed by atoms with E-state index in [-0.39, 0.29) is 19.8 Å². The molecule has 0 radical (unpaired) electrons. The van der Waals surface area contributed by atoms with Crippen LogP contribution in [-0.2, 0) is 23.3 Å². The first-order valence-corrected chi connectivity index (χ1v) is 6.79. The largest absolute Gasteiger partial charge is 0.472 e. The number of rotatable bonds is 10. The van der Waals surface area contributed by atoms with Gasteiger partial charge >= 0.3 is 7.82 Å². The van der Waals surface area contributed by atoms with Crippen molar-refractivity contribution in [1.82, 2.24) is 0 Å². The molecule has 0 aromatic rings. The molecule has 0 fully saturated rings. The van der Waals surface area contributed by atoms with Crippen LogP contribution in [0.5, 0.6) is 0 Å². The van der Waals surface area contributed by atoms with Gasteiger partial charge in [0.2, 0.25) is 0 Å². The molecule has 0 saturated heterocycles. The first kappa shape index (κ1) is 17.9. The quantitative estimate of drug-likeness (QED) is 0.265. The Morgan fingerprint density at radius 2 is 1.83 bits per heavy atom. The van der Waals surface area contributed by atoms with Crippen LogP contribution in [0.4, 0.5) is 0 Å². The van der Waals surface area contributed by atoms with Crippen molar-refractivity contribution in [1.29, 1.82) is 0 Å². The van der Waals surface area contributed by atoms with Crippen molar-refractivity contribution in [2.75, 3.05) is 47.5 Å². The third kappa shape index (κ3) is 9.89. The van der Waals surface area contributed by atoms with Gasteiger partial charge in [-0.25, -0.2) is 16.4 Å². The third-order valence-corrected chi connectivity index (χ3v) is 2.90. The van der Waals surface area contributed by atoms with Crippen LogP contribution in [0.3, 0.4) is 0 Å². The number of phosphoric ester groups is 1. The van der Waals surface area contributed by atoms with Crippen molar-refractivity contribution in [3.63, 3.8) is 0 Å². The minimum Gasteiger partial charge on any atom is -0.329 e. The van der Waals surface area contributed by atoms with Gasteiger partial charge < -0.3 is 14.2 Å². The van der Waals surface area contributed by atoms with Gasteiger partial charge in [0.05, 0.1) is 34.4 Å². The highest BCUT2D eigenvalue weighted by atomic mass is 31.2. The zero-order valence-corrected chi connectivity index (χ0v) is 11.8. The minimum atomic E-state index is -4.11. The second-order valence-corrected chi connectivity index (χ2v) is 6.16. The average Bonchev–Trinajstić information content (AvgIpc) is 2.22. The molecule has 9 nitrogen and oxygen atoms in total. The molecule has 110 valence electrons. The third-order valence-electron chi connectivity index (χ3n) is 1.91. The van der Waals surface area contributed by atoms with E-state index in [1.54, 1.807) is 0 Å². The van der Waals surface area contributed by atoms with E-state index < -0.39 is 13.9 Å². The molecular weight excluding hydrogens is 265 g/mol. The van der Waals surface area contributed by atoms with Gasteiger partial charge in [-0.15, -0.1) is 0 Å². The number of phosphoric acid groups is 1. The molecule has 0 rings (SSSR count). The summed E-state index contributed by atoms with van der Waals surface area (Å²) in [5.41, 5.74) is 0. The summed E-state index contributed by atoms with van der Waals surface area (Å²) in [7, 11) is 1.69. The Morgan fingerprint density at radius 1 is 1.22 bits per heavy atom. The Balaban J connectivity index is 3.96. The van der Waals surface area contributed by atoms with E-state index >= 15 is 0 Å². The van der Waals surface area contributed by atoms with Crippen LogP contribution in [0.2, 0.25) is 0 Å². The van der Waals surface area contributed by atoms with Crippen molar-refractivity contribution in [3.05, 3.63) is 0 Å². The summed E-state index contributed by atoms with van der Waals surface area (Å²) >= 11 is 0. The zero-order valence-electron chi connectivity index (χ0n) is 10.9. The fourth-order valence-electron chi connectivity index (χ4n) is 0.879. The molecule has 2 atom stereocenters. The summed E-state index contributed by atoms with van der Waals surface area (Å²) in [4.78, 5) is 18.1. The normalized spacial score (nSPS) is 17.4. The Bertz CT molecular complexity index is 272. The molecule has 0 saturated carbocycles. The standard InChI is InChI=1S/C8H22N3O6P/c1-11(2,3)4-5-15-18(12,13)16-7-8(17-10)6-14-9/h8H,4-7,9-10H2,1-3H3/p+1/t8-/m1/s1. The van der Waals surface area contributed by atoms with Crippen LogP contribution in [0.1, 0.15) is 0 Å². The highest BCUT2D eigenvalue weighted by molar-refractivity contribution is 7.47. The van der Waals surface area contributed by atoms with E-state index in [9.17, 15) is 9.46 Å². The van der Waals surface area contributed by atoms with Gasteiger partial charge in [0.25, 0.3) is 0 Å². The number of hydrogen-bond acceptors (Lipinski definition) is 7. The van der Waals surface area contributed by atoms with E-state index in [1.165, 1.54) is 0 Å². The van der Waals surface area contributed by atoms with Crippen LogP contribution < -0.4 is 11.8 Å². The number of nitrogens with two attached hydrogens (primary N) is 2. The van der Waals surface area contributed by atoms with Crippen molar-refractivity contribution in [2.45, 2.75) is 6.10 Å². The van der Waals surface area contributed by atoms with Gasteiger partial charge in [-0.1, -0.05) is 0 Å². The summed E-state index contributed by atoms with van der Waals surface area (Å²) < 4.78 is 21.5. The van der Waals surface area contributed by atoms with Crippen LogP contribution >= 0.6 is 7.82 Å². The van der Waals surface area contributed by atoms with Gasteiger partial charge in [-0.05, 0) is 0 Å². The molecule has 0 aliphatic rings. The number of quaternary nitrogens is 1. The molecule has 0 aliphatic heterocycles. The van der Waals surface area contributed by atoms with Crippen LogP contribution in [0.15, 0.2) is 0 Å². The molecule has 5 N–H and O–H groups in total. The van der Waals surface area contributed by atoms with E-state index in [0.29, 0.717) is 11.0 Å². The monoisotopic (exact) mass is 288 g/mol. The Labute approximate surface area is 107 Å². The van der Waals surface area contributed by atoms with E-state index in [4.69, 9.17) is 20.8 Å². The smallest absolute Gasteiger partial charge is 0.329 e. The first-order valence-electron chi connectivity index (χ1n) is 5.30. The van der Waals surface area contributed by atoms with Crippen LogP contribution in [0, 0.1) is 0 Å². The zero-order chi connectivity index (χ0) is 14.2. The lowest BCUT2D eigenvalue weighted by atomic mass is 10.4. The summed E-state index contributed by atoms with van der Waals surface area (Å²) in [6.07, 6.45) is -0.738. The van der Waals surface area contributed by atoms with Gasteiger partial charge in [0.15, 0.2) is 0 Å². The van der Waals surface area contributed by atoms with E-state index in [1.807, 2.05) is 21.1 Å². The van der Waals surface area contributed by atoms with E-state index in [0.717, 1.165) is 0 Å². The average molecular weight is 288 g/mol. The predicted molar refractivity (Wildman–Crippen MR) is 63.8 cm³/mol. The topological polar surface area (TPSA) is 126 Å². The maximum atomic E-state index is 11.5. The molecule has 0 bridgehead atoms. The van der Waals surface area contributed by atoms with Crippen molar-refractivity contribution >= 4 is 7.82 Å². The lowest BCUT2D eigenvalue weighted by molar-refractivity contribution is -0.870. The molecule has 18 heavy (non-hydrogen) atoms. The predicted octanol–water partition coefficient (Wildman–Crippen LogP) is -1.02. The Hall–Kier alpha value is -0.0900. The molecule has 0 heterocycles. The van der Waals surface area contributed by atoms with Gasteiger partial charge in [0, 0.05) is 0 Å². The van der Waals surface area contributed by atoms with Crippen molar-refractivity contribution in [3.8, 4) is 0 Å². The molecule has 0 aromatic heterocycles. The fourth-order valence-corrected chi connectivity index (χ4v) is 1.62. The second-order valence-electron chi connectivity index (χ2n) is 4.70. The molecular formula is C8H23N3O6P+. The van der Waals surface area contributed by atoms with Gasteiger partial charge in [-0.3, -0.25) is 13.9 Å². The maximum Gasteiger partial charge on any atom is 0.472 e. The van der Waals surface area contributed by atoms with Crippen LogP contribution in [0.25, 0.3) is 0 Å². The summed E-state index contributed by atoms with van der Waals surface area (Å²) in [6.45, 7) is 0.344. The summed E-state index contributed by atoms with van der Waals surface area (Å²) in [5.74, 6) is 9.73. The Morgan fingerprint density at radius 3 is 2.28 bits per heavy atom. The SMILES string of the molecule is C[N+](C)(C)CCOP(=O)(O)OC[C@@H](CON)ON. The van der Waals surface area contributed by atoms with Gasteiger partial charge in [-0.2, -0.15) is 0 Å². The van der Waals surface area contributed by atoms with Gasteiger partial charge in [0.1, 0.15) is 19.3 Å². The molecule has 0 amide bonds. The summed E-state index contributed by atoms with van der Waals surface area (Å²) in [6, 6.07) is 0. The Kier molecular flexibility index (Phi) is 8.11. The fraction of sp³-hybridized carbons (Fsp3) is 1.00. The lowest BCUT2D eigenvalue weighted by Gasteiger charge is -2.24. The summed E-state index contributed by atoms with van der Waals surface area (Å²) in [5, 5.41) is 0. The highest BCUT2D eigenvalue weighted by Gasteiger charge is 2.24. The number of nitrogens with zero attached hydrogens (tertiary/aromatic N) is 1. The second kappa shape index (κ2) is 8.16. The van der Waals surface area contributed by atoms with E-state index in [2.05, 4.69) is 9.68 Å². The minimum absolute atomic E-state index is 0.0601. The highest BCUT2D eigenvalue weighted by Crippen LogP contribution is 2.43. The first-order chi connectivity index (χ1) is 8.20. The number of likely N-dealkylation sites (N-methyl/N-ethyl adjacent to an activating group) is 1. The lowest BCUT2D eigenvalue weighted by Crippen LogP contribution is -2.37. The molecule has 10 heteroatoms. The molecule has 1 unspecified atom stereocenters. The van der Waals surface area contributed by atoms with Crippen molar-refractivity contribution in [2.24, 2.45) is 11.8 Å². The maximum absolute atomic E-state index is 11.5. The van der Waals surface area contributed by atoms with Crippen molar-refractivity contribution < 1.29 is 32.7 Å². The molecule has 0 aliphatic carbocycles. The molecule has 0 aromatic carbocycles. The van der Waals surface area contributed by atoms with Crippen LogP contribution in [-0.4, -0.2) is 63.0 Å². The number of hydrogen-bond donors (Lipinski definition) is 3. The molecule has 0 spiro atoms.